The van der Waals surface area contributed by atoms with E-state index in [0.717, 1.165) is 13.0 Å². The van der Waals surface area contributed by atoms with E-state index in [-0.39, 0.29) is 0 Å². The third kappa shape index (κ3) is 4.01. The van der Waals surface area contributed by atoms with Gasteiger partial charge in [0.15, 0.2) is 0 Å². The largest absolute Gasteiger partial charge is 0.302 e. The molecule has 1 saturated heterocycles. The minimum absolute atomic E-state index is 0.332. The maximum absolute atomic E-state index is 3.68. The van der Waals surface area contributed by atoms with Gasteiger partial charge in [0.25, 0.3) is 0 Å². The van der Waals surface area contributed by atoms with E-state index in [2.05, 4.69) is 31.0 Å². The van der Waals surface area contributed by atoms with Gasteiger partial charge in [-0.1, -0.05) is 18.2 Å². The molecule has 0 aromatic heterocycles. The molecule has 1 nitrogen and oxygen atoms in total. The van der Waals surface area contributed by atoms with Gasteiger partial charge in [-0.15, -0.1) is 18.3 Å². The van der Waals surface area contributed by atoms with Gasteiger partial charge >= 0.3 is 0 Å². The van der Waals surface area contributed by atoms with Crippen molar-refractivity contribution in [2.45, 2.75) is 31.1 Å². The van der Waals surface area contributed by atoms with Gasteiger partial charge in [-0.05, 0) is 26.2 Å². The minimum Gasteiger partial charge on any atom is -0.302 e. The van der Waals surface area contributed by atoms with Gasteiger partial charge in [-0.25, -0.2) is 0 Å². The molecule has 1 atom stereocenters. The van der Waals surface area contributed by atoms with Gasteiger partial charge < -0.3 is 5.32 Å². The van der Waals surface area contributed by atoms with Crippen LogP contribution < -0.4 is 5.32 Å². The molecule has 0 aromatic rings. The van der Waals surface area contributed by atoms with Crippen LogP contribution in [0.4, 0.5) is 0 Å². The Morgan fingerprint density at radius 3 is 3.00 bits per heavy atom. The molecule has 2 heteroatoms. The lowest BCUT2D eigenvalue weighted by atomic mass is 10.1. The summed E-state index contributed by atoms with van der Waals surface area (Å²) in [6, 6.07) is 0. The molecular weight excluding hydrogens is 178 g/mol. The van der Waals surface area contributed by atoms with Crippen LogP contribution in [0.1, 0.15) is 26.2 Å². The highest BCUT2D eigenvalue weighted by molar-refractivity contribution is 8.00. The zero-order chi connectivity index (χ0) is 9.57. The first-order valence-corrected chi connectivity index (χ1v) is 5.90. The summed E-state index contributed by atoms with van der Waals surface area (Å²) in [6.07, 6.45) is 9.77. The fourth-order valence-electron chi connectivity index (χ4n) is 1.47. The van der Waals surface area contributed by atoms with Crippen molar-refractivity contribution in [1.82, 2.24) is 5.32 Å². The predicted octanol–water partition coefficient (Wildman–Crippen LogP) is 2.95. The Bertz CT molecular complexity index is 181. The molecule has 0 bridgehead atoms. The summed E-state index contributed by atoms with van der Waals surface area (Å²) >= 11 is 2.04. The average molecular weight is 197 g/mol. The normalized spacial score (nSPS) is 28.4. The first-order chi connectivity index (χ1) is 6.27. The van der Waals surface area contributed by atoms with Crippen molar-refractivity contribution in [2.75, 3.05) is 12.3 Å². The average Bonchev–Trinajstić information content (AvgIpc) is 2.53. The van der Waals surface area contributed by atoms with E-state index in [0.29, 0.717) is 4.87 Å². The van der Waals surface area contributed by atoms with Crippen LogP contribution in [-0.4, -0.2) is 17.2 Å². The predicted molar refractivity (Wildman–Crippen MR) is 62.1 cm³/mol. The van der Waals surface area contributed by atoms with Gasteiger partial charge in [0.1, 0.15) is 0 Å². The van der Waals surface area contributed by atoms with E-state index in [1.807, 2.05) is 17.8 Å². The number of hydrogen-bond acceptors (Lipinski definition) is 2. The lowest BCUT2D eigenvalue weighted by Gasteiger charge is -2.22. The van der Waals surface area contributed by atoms with Crippen LogP contribution in [0, 0.1) is 0 Å². The van der Waals surface area contributed by atoms with Gasteiger partial charge in [0.2, 0.25) is 0 Å². The Kier molecular flexibility index (Phi) is 4.60. The van der Waals surface area contributed by atoms with Crippen molar-refractivity contribution in [3.8, 4) is 0 Å². The van der Waals surface area contributed by atoms with Crippen LogP contribution in [0.3, 0.4) is 0 Å². The topological polar surface area (TPSA) is 12.0 Å². The van der Waals surface area contributed by atoms with Crippen LogP contribution in [0.25, 0.3) is 0 Å². The third-order valence-corrected chi connectivity index (χ3v) is 3.67. The lowest BCUT2D eigenvalue weighted by Crippen LogP contribution is -2.33. The Balaban J connectivity index is 2.14. The van der Waals surface area contributed by atoms with Crippen LogP contribution >= 0.6 is 11.8 Å². The second-order valence-electron chi connectivity index (χ2n) is 3.54. The first-order valence-electron chi connectivity index (χ1n) is 4.92. The van der Waals surface area contributed by atoms with Crippen LogP contribution in [-0.2, 0) is 0 Å². The van der Waals surface area contributed by atoms with Crippen LogP contribution in [0.5, 0.6) is 0 Å². The maximum atomic E-state index is 3.68. The van der Waals surface area contributed by atoms with E-state index in [4.69, 9.17) is 0 Å². The number of rotatable bonds is 5. The quantitative estimate of drug-likeness (QED) is 0.680. The molecule has 0 aromatic carbocycles. The molecule has 1 N–H and O–H groups in total. The number of thioether (sulfide) groups is 1. The number of allylic oxidation sites excluding steroid dienone is 3. The number of hydrogen-bond donors (Lipinski definition) is 1. The summed E-state index contributed by atoms with van der Waals surface area (Å²) in [7, 11) is 0. The summed E-state index contributed by atoms with van der Waals surface area (Å²) in [4.78, 5) is 0.332. The van der Waals surface area contributed by atoms with Crippen molar-refractivity contribution in [3.63, 3.8) is 0 Å². The van der Waals surface area contributed by atoms with Gasteiger partial charge in [-0.3, -0.25) is 0 Å². The highest BCUT2D eigenvalue weighted by Gasteiger charge is 2.27. The molecule has 1 unspecified atom stereocenters. The summed E-state index contributed by atoms with van der Waals surface area (Å²) in [5.41, 5.74) is 0. The Morgan fingerprint density at radius 2 is 2.38 bits per heavy atom. The van der Waals surface area contributed by atoms with Gasteiger partial charge in [0, 0.05) is 12.3 Å². The first kappa shape index (κ1) is 10.9. The van der Waals surface area contributed by atoms with Crippen molar-refractivity contribution < 1.29 is 0 Å². The molecule has 0 amide bonds. The molecule has 0 aliphatic carbocycles. The molecule has 1 rings (SSSR count). The fraction of sp³-hybridized carbons (Fsp3) is 0.636. The highest BCUT2D eigenvalue weighted by Crippen LogP contribution is 2.30. The second-order valence-corrected chi connectivity index (χ2v) is 5.14. The molecule has 1 aliphatic heterocycles. The smallest absolute Gasteiger partial charge is 0.0620 e. The molecule has 13 heavy (non-hydrogen) atoms. The molecule has 1 fully saturated rings. The highest BCUT2D eigenvalue weighted by atomic mass is 32.2. The van der Waals surface area contributed by atoms with Crippen molar-refractivity contribution >= 4 is 11.8 Å². The lowest BCUT2D eigenvalue weighted by molar-refractivity contribution is 0.511. The minimum atomic E-state index is 0.332. The molecule has 1 heterocycles. The molecule has 0 spiro atoms. The Labute approximate surface area is 85.7 Å². The van der Waals surface area contributed by atoms with Crippen molar-refractivity contribution in [1.29, 1.82) is 0 Å². The summed E-state index contributed by atoms with van der Waals surface area (Å²) < 4.78 is 0. The SMILES string of the molecule is C=CC/C=C/CCC1(C)NCCS1. The van der Waals surface area contributed by atoms with E-state index in [1.165, 1.54) is 18.6 Å². The standard InChI is InChI=1S/C11H19NS/c1-3-4-5-6-7-8-11(2)12-9-10-13-11/h3,5-6,12H,1,4,7-10H2,2H3/b6-5+. The zero-order valence-electron chi connectivity index (χ0n) is 8.38. The summed E-state index contributed by atoms with van der Waals surface area (Å²) in [5, 5.41) is 3.53. The molecule has 1 aliphatic rings. The number of nitrogens with one attached hydrogen (secondary N) is 1. The maximum Gasteiger partial charge on any atom is 0.0620 e. The molecule has 74 valence electrons. The monoisotopic (exact) mass is 197 g/mol. The summed E-state index contributed by atoms with van der Waals surface area (Å²) in [5.74, 6) is 1.26. The Morgan fingerprint density at radius 1 is 1.54 bits per heavy atom. The molecule has 0 radical (unpaired) electrons. The van der Waals surface area contributed by atoms with E-state index in [9.17, 15) is 0 Å². The van der Waals surface area contributed by atoms with Crippen LogP contribution in [0.15, 0.2) is 24.8 Å². The molecular formula is C11H19NS. The van der Waals surface area contributed by atoms with Crippen molar-refractivity contribution in [2.24, 2.45) is 0 Å². The third-order valence-electron chi connectivity index (χ3n) is 2.28. The van der Waals surface area contributed by atoms with Crippen molar-refractivity contribution in [3.05, 3.63) is 24.8 Å². The Hall–Kier alpha value is -0.210. The van der Waals surface area contributed by atoms with E-state index < -0.39 is 0 Å². The van der Waals surface area contributed by atoms with Crippen LogP contribution in [0.2, 0.25) is 0 Å². The van der Waals surface area contributed by atoms with E-state index in [1.54, 1.807) is 0 Å². The van der Waals surface area contributed by atoms with Gasteiger partial charge in [0.05, 0.1) is 4.87 Å². The van der Waals surface area contributed by atoms with Gasteiger partial charge in [-0.2, -0.15) is 0 Å². The summed E-state index contributed by atoms with van der Waals surface area (Å²) in [6.45, 7) is 7.14. The van der Waals surface area contributed by atoms with E-state index >= 15 is 0 Å². The fourth-order valence-corrected chi connectivity index (χ4v) is 2.59. The molecule has 0 saturated carbocycles. The second kappa shape index (κ2) is 5.51. The zero-order valence-corrected chi connectivity index (χ0v) is 9.20.